The Bertz CT molecular complexity index is 977. The number of imide groups is 1. The molecule has 2 amide bonds. The SMILES string of the molecule is O=C(O)COc1ccc(Br)cc1/C=C1\SC(=O)N(Cc2ccc(F)cc2)C1=O. The molecule has 1 heterocycles. The van der Waals surface area contributed by atoms with Gasteiger partial charge >= 0.3 is 5.97 Å². The number of hydrogen-bond acceptors (Lipinski definition) is 5. The minimum absolute atomic E-state index is 0.0309. The molecular weight excluding hydrogens is 453 g/mol. The molecule has 0 atom stereocenters. The first-order chi connectivity index (χ1) is 13.3. The van der Waals surface area contributed by atoms with E-state index in [2.05, 4.69) is 15.9 Å². The van der Waals surface area contributed by atoms with Crippen molar-refractivity contribution in [2.75, 3.05) is 6.61 Å². The van der Waals surface area contributed by atoms with Gasteiger partial charge in [-0.3, -0.25) is 14.5 Å². The standard InChI is InChI=1S/C19H13BrFNO5S/c20-13-3-6-15(27-10-17(23)24)12(7-13)8-16-18(25)22(19(26)28-16)9-11-1-4-14(21)5-2-11/h1-8H,9-10H2,(H,23,24)/b16-8-. The highest BCUT2D eigenvalue weighted by atomic mass is 79.9. The van der Waals surface area contributed by atoms with E-state index in [0.29, 0.717) is 15.6 Å². The number of carbonyl (C=O) groups is 3. The number of carboxylic acid groups (broad SMARTS) is 1. The second-order valence-electron chi connectivity index (χ2n) is 5.76. The first-order valence-electron chi connectivity index (χ1n) is 7.97. The van der Waals surface area contributed by atoms with Gasteiger partial charge in [-0.2, -0.15) is 0 Å². The summed E-state index contributed by atoms with van der Waals surface area (Å²) < 4.78 is 19.0. The number of rotatable bonds is 6. The van der Waals surface area contributed by atoms with Gasteiger partial charge in [0.25, 0.3) is 11.1 Å². The second kappa shape index (κ2) is 8.57. The lowest BCUT2D eigenvalue weighted by Crippen LogP contribution is -2.27. The third kappa shape index (κ3) is 4.79. The normalized spacial score (nSPS) is 15.4. The smallest absolute Gasteiger partial charge is 0.341 e. The van der Waals surface area contributed by atoms with Crippen molar-refractivity contribution in [2.24, 2.45) is 0 Å². The van der Waals surface area contributed by atoms with Crippen LogP contribution < -0.4 is 4.74 Å². The molecule has 1 fully saturated rings. The topological polar surface area (TPSA) is 83.9 Å². The van der Waals surface area contributed by atoms with Crippen molar-refractivity contribution in [3.05, 3.63) is 68.8 Å². The lowest BCUT2D eigenvalue weighted by atomic mass is 10.1. The second-order valence-corrected chi connectivity index (χ2v) is 7.67. The summed E-state index contributed by atoms with van der Waals surface area (Å²) in [6.45, 7) is -0.502. The van der Waals surface area contributed by atoms with Gasteiger partial charge in [-0.15, -0.1) is 0 Å². The first kappa shape index (κ1) is 20.1. The van der Waals surface area contributed by atoms with Crippen LogP contribution in [0.15, 0.2) is 51.8 Å². The number of carbonyl (C=O) groups excluding carboxylic acids is 2. The van der Waals surface area contributed by atoms with E-state index in [1.165, 1.54) is 30.3 Å². The summed E-state index contributed by atoms with van der Waals surface area (Å²) in [6.07, 6.45) is 1.48. The Hall–Kier alpha value is -2.65. The molecule has 3 rings (SSSR count). The monoisotopic (exact) mass is 465 g/mol. The third-order valence-corrected chi connectivity index (χ3v) is 5.14. The number of carboxylic acids is 1. The van der Waals surface area contributed by atoms with Crippen molar-refractivity contribution < 1.29 is 28.6 Å². The first-order valence-corrected chi connectivity index (χ1v) is 9.58. The summed E-state index contributed by atoms with van der Waals surface area (Å²) in [5.41, 5.74) is 1.08. The number of aliphatic carboxylic acids is 1. The van der Waals surface area contributed by atoms with E-state index < -0.39 is 29.5 Å². The Morgan fingerprint density at radius 3 is 2.61 bits per heavy atom. The van der Waals surface area contributed by atoms with Crippen LogP contribution in [0.3, 0.4) is 0 Å². The van der Waals surface area contributed by atoms with Gasteiger partial charge in [0.1, 0.15) is 11.6 Å². The molecule has 0 spiro atoms. The van der Waals surface area contributed by atoms with E-state index >= 15 is 0 Å². The number of ether oxygens (including phenoxy) is 1. The number of nitrogens with zero attached hydrogens (tertiary/aromatic N) is 1. The maximum atomic E-state index is 13.0. The molecule has 0 saturated carbocycles. The number of halogens is 2. The zero-order valence-corrected chi connectivity index (χ0v) is 16.6. The van der Waals surface area contributed by atoms with E-state index in [4.69, 9.17) is 9.84 Å². The van der Waals surface area contributed by atoms with Gasteiger partial charge < -0.3 is 9.84 Å². The fourth-order valence-electron chi connectivity index (χ4n) is 2.45. The van der Waals surface area contributed by atoms with Crippen molar-refractivity contribution in [3.8, 4) is 5.75 Å². The van der Waals surface area contributed by atoms with Gasteiger partial charge in [-0.25, -0.2) is 9.18 Å². The molecule has 1 aliphatic heterocycles. The summed E-state index contributed by atoms with van der Waals surface area (Å²) in [7, 11) is 0. The Labute approximate surface area is 172 Å². The van der Waals surface area contributed by atoms with E-state index in [9.17, 15) is 18.8 Å². The molecule has 0 unspecified atom stereocenters. The fraction of sp³-hybridized carbons (Fsp3) is 0.105. The summed E-state index contributed by atoms with van der Waals surface area (Å²) in [6, 6.07) is 10.4. The number of benzene rings is 2. The number of thioether (sulfide) groups is 1. The van der Waals surface area contributed by atoms with Gasteiger partial charge in [-0.1, -0.05) is 28.1 Å². The molecule has 9 heteroatoms. The quantitative estimate of drug-likeness (QED) is 0.640. The molecule has 0 aliphatic carbocycles. The van der Waals surface area contributed by atoms with E-state index in [1.807, 2.05) is 0 Å². The Kier molecular flexibility index (Phi) is 6.15. The Balaban J connectivity index is 1.84. The number of amides is 2. The molecule has 2 aromatic rings. The zero-order valence-electron chi connectivity index (χ0n) is 14.2. The van der Waals surface area contributed by atoms with Gasteiger partial charge in [0.15, 0.2) is 6.61 Å². The van der Waals surface area contributed by atoms with E-state index in [-0.39, 0.29) is 17.2 Å². The third-order valence-electron chi connectivity index (χ3n) is 3.74. The van der Waals surface area contributed by atoms with Gasteiger partial charge in [0.2, 0.25) is 0 Å². The molecule has 144 valence electrons. The van der Waals surface area contributed by atoms with E-state index in [1.54, 1.807) is 18.2 Å². The molecule has 1 aliphatic rings. The van der Waals surface area contributed by atoms with Gasteiger partial charge in [-0.05, 0) is 53.7 Å². The maximum absolute atomic E-state index is 13.0. The molecule has 6 nitrogen and oxygen atoms in total. The lowest BCUT2D eigenvalue weighted by Gasteiger charge is -2.12. The highest BCUT2D eigenvalue weighted by Gasteiger charge is 2.35. The van der Waals surface area contributed by atoms with Crippen LogP contribution >= 0.6 is 27.7 Å². The van der Waals surface area contributed by atoms with Crippen LogP contribution in [0, 0.1) is 5.82 Å². The predicted octanol–water partition coefficient (Wildman–Crippen LogP) is 4.29. The summed E-state index contributed by atoms with van der Waals surface area (Å²) in [5, 5.41) is 8.35. The molecule has 1 N–H and O–H groups in total. The minimum Gasteiger partial charge on any atom is -0.481 e. The maximum Gasteiger partial charge on any atom is 0.341 e. The van der Waals surface area contributed by atoms with E-state index in [0.717, 1.165) is 16.7 Å². The zero-order chi connectivity index (χ0) is 20.3. The summed E-state index contributed by atoms with van der Waals surface area (Å²) in [4.78, 5) is 36.9. The minimum atomic E-state index is -1.13. The van der Waals surface area contributed by atoms with Crippen LogP contribution in [0.1, 0.15) is 11.1 Å². The van der Waals surface area contributed by atoms with Crippen LogP contribution in [-0.4, -0.2) is 33.7 Å². The molecule has 28 heavy (non-hydrogen) atoms. The van der Waals surface area contributed by atoms with Crippen LogP contribution in [0.25, 0.3) is 6.08 Å². The largest absolute Gasteiger partial charge is 0.481 e. The lowest BCUT2D eigenvalue weighted by molar-refractivity contribution is -0.139. The molecule has 1 saturated heterocycles. The predicted molar refractivity (Wildman–Crippen MR) is 105 cm³/mol. The van der Waals surface area contributed by atoms with Crippen molar-refractivity contribution in [1.82, 2.24) is 4.90 Å². The molecule has 0 bridgehead atoms. The highest BCUT2D eigenvalue weighted by molar-refractivity contribution is 9.10. The van der Waals surface area contributed by atoms with Crippen LogP contribution in [0.4, 0.5) is 9.18 Å². The molecular formula is C19H13BrFNO5S. The highest BCUT2D eigenvalue weighted by Crippen LogP contribution is 2.35. The van der Waals surface area contributed by atoms with Crippen molar-refractivity contribution in [2.45, 2.75) is 6.54 Å². The average molecular weight is 466 g/mol. The van der Waals surface area contributed by atoms with Gasteiger partial charge in [0.05, 0.1) is 11.4 Å². The van der Waals surface area contributed by atoms with Crippen LogP contribution in [-0.2, 0) is 16.1 Å². The fourth-order valence-corrected chi connectivity index (χ4v) is 3.66. The summed E-state index contributed by atoms with van der Waals surface area (Å²) in [5.74, 6) is -1.74. The average Bonchev–Trinajstić information content (AvgIpc) is 2.90. The van der Waals surface area contributed by atoms with Crippen LogP contribution in [0.2, 0.25) is 0 Å². The summed E-state index contributed by atoms with van der Waals surface area (Å²) >= 11 is 4.09. The van der Waals surface area contributed by atoms with Crippen molar-refractivity contribution in [3.63, 3.8) is 0 Å². The van der Waals surface area contributed by atoms with Crippen molar-refractivity contribution in [1.29, 1.82) is 0 Å². The van der Waals surface area contributed by atoms with Crippen molar-refractivity contribution >= 4 is 50.9 Å². The molecule has 2 aromatic carbocycles. The molecule has 0 aromatic heterocycles. The molecule has 0 radical (unpaired) electrons. The van der Waals surface area contributed by atoms with Gasteiger partial charge in [0, 0.05) is 10.0 Å². The Morgan fingerprint density at radius 1 is 1.21 bits per heavy atom. The number of hydrogen-bond donors (Lipinski definition) is 1. The Morgan fingerprint density at radius 2 is 1.93 bits per heavy atom. The van der Waals surface area contributed by atoms with Crippen LogP contribution in [0.5, 0.6) is 5.75 Å².